The van der Waals surface area contributed by atoms with Crippen LogP contribution in [0.3, 0.4) is 0 Å². The lowest BCUT2D eigenvalue weighted by molar-refractivity contribution is -0.151. The summed E-state index contributed by atoms with van der Waals surface area (Å²) in [6, 6.07) is 0. The molecule has 106 valence electrons. The van der Waals surface area contributed by atoms with Gasteiger partial charge in [0.1, 0.15) is 5.41 Å². The highest BCUT2D eigenvalue weighted by Gasteiger charge is 2.49. The van der Waals surface area contributed by atoms with Crippen molar-refractivity contribution >= 4 is 5.97 Å². The van der Waals surface area contributed by atoms with Crippen molar-refractivity contribution < 1.29 is 14.1 Å². The van der Waals surface area contributed by atoms with Gasteiger partial charge in [-0.3, -0.25) is 4.79 Å². The first-order valence-corrected chi connectivity index (χ1v) is 6.64. The Kier molecular flexibility index (Phi) is 3.21. The van der Waals surface area contributed by atoms with E-state index < -0.39 is 5.41 Å². The minimum atomic E-state index is -0.801. The van der Waals surface area contributed by atoms with Crippen LogP contribution in [0.25, 0.3) is 11.5 Å². The van der Waals surface area contributed by atoms with Crippen molar-refractivity contribution in [1.29, 1.82) is 0 Å². The Bertz CT molecular complexity index is 586. The second kappa shape index (κ2) is 5.03. The van der Waals surface area contributed by atoms with E-state index in [1.165, 1.54) is 6.20 Å². The molecule has 8 nitrogen and oxygen atoms in total. The summed E-state index contributed by atoms with van der Waals surface area (Å²) in [5.74, 6) is 0.351. The number of carbonyl (C=O) groups is 1. The van der Waals surface area contributed by atoms with Gasteiger partial charge in [-0.05, 0) is 19.8 Å². The Balaban J connectivity index is 1.94. The van der Waals surface area contributed by atoms with Crippen LogP contribution in [0.5, 0.6) is 0 Å². The average molecular weight is 277 g/mol. The molecule has 0 unspecified atom stereocenters. The van der Waals surface area contributed by atoms with Gasteiger partial charge in [-0.1, -0.05) is 18.0 Å². The number of aromatic amines is 1. The van der Waals surface area contributed by atoms with Crippen LogP contribution in [0.4, 0.5) is 0 Å². The van der Waals surface area contributed by atoms with Gasteiger partial charge in [0.05, 0.1) is 12.8 Å². The number of aromatic nitrogens is 5. The fourth-order valence-corrected chi connectivity index (χ4v) is 2.58. The molecule has 0 spiro atoms. The average Bonchev–Trinajstić information content (AvgIpc) is 3.19. The van der Waals surface area contributed by atoms with Crippen molar-refractivity contribution in [3.8, 4) is 11.5 Å². The highest BCUT2D eigenvalue weighted by atomic mass is 16.5. The van der Waals surface area contributed by atoms with Crippen molar-refractivity contribution in [3.05, 3.63) is 12.1 Å². The summed E-state index contributed by atoms with van der Waals surface area (Å²) in [6.07, 6.45) is 4.74. The first-order chi connectivity index (χ1) is 9.76. The van der Waals surface area contributed by atoms with Gasteiger partial charge >= 0.3 is 5.97 Å². The minimum Gasteiger partial charge on any atom is -0.465 e. The van der Waals surface area contributed by atoms with E-state index in [2.05, 4.69) is 25.6 Å². The van der Waals surface area contributed by atoms with E-state index in [1.807, 2.05) is 0 Å². The van der Waals surface area contributed by atoms with Crippen LogP contribution in [-0.4, -0.2) is 38.1 Å². The molecule has 1 N–H and O–H groups in total. The number of nitrogens with zero attached hydrogens (tertiary/aromatic N) is 4. The van der Waals surface area contributed by atoms with Crippen molar-refractivity contribution in [2.45, 2.75) is 38.0 Å². The Morgan fingerprint density at radius 3 is 2.95 bits per heavy atom. The number of nitrogens with one attached hydrogen (secondary N) is 1. The van der Waals surface area contributed by atoms with E-state index in [0.29, 0.717) is 36.9 Å². The lowest BCUT2D eigenvalue weighted by Gasteiger charge is -2.21. The fourth-order valence-electron chi connectivity index (χ4n) is 2.58. The largest absolute Gasteiger partial charge is 0.465 e. The van der Waals surface area contributed by atoms with Crippen molar-refractivity contribution in [2.24, 2.45) is 0 Å². The molecule has 0 saturated heterocycles. The summed E-state index contributed by atoms with van der Waals surface area (Å²) in [7, 11) is 0. The standard InChI is InChI=1S/C12H15N5O3/c1-2-19-11(18)12(5-3-4-6-12)10-14-9(16-20-10)8-7-13-17-15-8/h7H,2-6H2,1H3,(H,13,15,17). The fraction of sp³-hybridized carbons (Fsp3) is 0.583. The van der Waals surface area contributed by atoms with Crippen LogP contribution in [0.15, 0.2) is 10.7 Å². The van der Waals surface area contributed by atoms with Crippen molar-refractivity contribution in [3.63, 3.8) is 0 Å². The van der Waals surface area contributed by atoms with E-state index >= 15 is 0 Å². The zero-order valence-corrected chi connectivity index (χ0v) is 11.1. The third-order valence-electron chi connectivity index (χ3n) is 3.60. The molecule has 2 heterocycles. The smallest absolute Gasteiger partial charge is 0.321 e. The van der Waals surface area contributed by atoms with Gasteiger partial charge in [-0.25, -0.2) is 0 Å². The summed E-state index contributed by atoms with van der Waals surface area (Å²) in [4.78, 5) is 16.6. The van der Waals surface area contributed by atoms with Crippen LogP contribution in [0.2, 0.25) is 0 Å². The topological polar surface area (TPSA) is 107 Å². The maximum atomic E-state index is 12.3. The number of ether oxygens (including phenoxy) is 1. The summed E-state index contributed by atoms with van der Waals surface area (Å²) >= 11 is 0. The summed E-state index contributed by atoms with van der Waals surface area (Å²) < 4.78 is 10.5. The first kappa shape index (κ1) is 12.8. The Morgan fingerprint density at radius 1 is 1.50 bits per heavy atom. The molecule has 1 fully saturated rings. The molecule has 0 radical (unpaired) electrons. The molecule has 0 atom stereocenters. The third kappa shape index (κ3) is 1.97. The van der Waals surface area contributed by atoms with Crippen LogP contribution in [0, 0.1) is 0 Å². The lowest BCUT2D eigenvalue weighted by Crippen LogP contribution is -2.35. The van der Waals surface area contributed by atoms with Gasteiger partial charge in [-0.15, -0.1) is 0 Å². The molecule has 3 rings (SSSR count). The second-order valence-electron chi connectivity index (χ2n) is 4.79. The molecule has 0 bridgehead atoms. The molecule has 2 aromatic rings. The molecule has 0 aromatic carbocycles. The molecule has 0 amide bonds. The molecule has 1 aliphatic rings. The van der Waals surface area contributed by atoms with Crippen LogP contribution < -0.4 is 0 Å². The van der Waals surface area contributed by atoms with Crippen LogP contribution >= 0.6 is 0 Å². The van der Waals surface area contributed by atoms with Gasteiger partial charge in [-0.2, -0.15) is 20.4 Å². The second-order valence-corrected chi connectivity index (χ2v) is 4.79. The zero-order valence-electron chi connectivity index (χ0n) is 11.1. The van der Waals surface area contributed by atoms with E-state index in [9.17, 15) is 4.79 Å². The van der Waals surface area contributed by atoms with E-state index in [0.717, 1.165) is 12.8 Å². The maximum Gasteiger partial charge on any atom is 0.321 e. The van der Waals surface area contributed by atoms with Crippen molar-refractivity contribution in [2.75, 3.05) is 6.61 Å². The quantitative estimate of drug-likeness (QED) is 0.837. The van der Waals surface area contributed by atoms with Gasteiger partial charge in [0, 0.05) is 0 Å². The summed E-state index contributed by atoms with van der Waals surface area (Å²) in [5, 5.41) is 14.0. The molecular weight excluding hydrogens is 262 g/mol. The number of hydrogen-bond acceptors (Lipinski definition) is 7. The highest BCUT2D eigenvalue weighted by molar-refractivity contribution is 5.82. The zero-order chi connectivity index (χ0) is 14.0. The summed E-state index contributed by atoms with van der Waals surface area (Å²) in [6.45, 7) is 2.13. The van der Waals surface area contributed by atoms with Crippen molar-refractivity contribution in [1.82, 2.24) is 25.6 Å². The molecule has 0 aliphatic heterocycles. The molecule has 8 heteroatoms. The maximum absolute atomic E-state index is 12.3. The van der Waals surface area contributed by atoms with Gasteiger partial charge < -0.3 is 9.26 Å². The van der Waals surface area contributed by atoms with Crippen LogP contribution in [0.1, 0.15) is 38.5 Å². The first-order valence-electron chi connectivity index (χ1n) is 6.64. The monoisotopic (exact) mass is 277 g/mol. The van der Waals surface area contributed by atoms with Gasteiger partial charge in [0.25, 0.3) is 0 Å². The number of hydrogen-bond donors (Lipinski definition) is 1. The Hall–Kier alpha value is -2.25. The SMILES string of the molecule is CCOC(=O)C1(c2nc(-c3cn[nH]n3)no2)CCCC1. The van der Waals surface area contributed by atoms with Crippen LogP contribution in [-0.2, 0) is 14.9 Å². The van der Waals surface area contributed by atoms with E-state index in [4.69, 9.17) is 9.26 Å². The normalized spacial score (nSPS) is 17.2. The Morgan fingerprint density at radius 2 is 2.30 bits per heavy atom. The van der Waals surface area contributed by atoms with E-state index in [1.54, 1.807) is 6.92 Å². The number of esters is 1. The predicted molar refractivity (Wildman–Crippen MR) is 66.5 cm³/mol. The predicted octanol–water partition coefficient (Wildman–Crippen LogP) is 1.23. The molecule has 2 aromatic heterocycles. The summed E-state index contributed by atoms with van der Waals surface area (Å²) in [5.41, 5.74) is -0.317. The lowest BCUT2D eigenvalue weighted by atomic mass is 9.86. The Labute approximate surface area is 114 Å². The molecule has 1 saturated carbocycles. The molecule has 1 aliphatic carbocycles. The number of H-pyrrole nitrogens is 1. The van der Waals surface area contributed by atoms with E-state index in [-0.39, 0.29) is 5.97 Å². The van der Waals surface area contributed by atoms with Gasteiger partial charge in [0.15, 0.2) is 5.69 Å². The van der Waals surface area contributed by atoms with Gasteiger partial charge in [0.2, 0.25) is 11.7 Å². The molecular formula is C12H15N5O3. The number of carbonyl (C=O) groups excluding carboxylic acids is 1. The minimum absolute atomic E-state index is 0.284. The number of rotatable bonds is 4. The molecule has 20 heavy (non-hydrogen) atoms. The third-order valence-corrected chi connectivity index (χ3v) is 3.60. The highest BCUT2D eigenvalue weighted by Crippen LogP contribution is 2.41.